The zero-order valence-corrected chi connectivity index (χ0v) is 23.8. The molecule has 0 unspecified atom stereocenters. The monoisotopic (exact) mass is 543 g/mol. The number of rotatable bonds is 9. The van der Waals surface area contributed by atoms with Crippen molar-refractivity contribution in [2.45, 2.75) is 71.3 Å². The van der Waals surface area contributed by atoms with Gasteiger partial charge in [-0.2, -0.15) is 0 Å². The average Bonchev–Trinajstić information content (AvgIpc) is 3.53. The van der Waals surface area contributed by atoms with Crippen LogP contribution in [0.3, 0.4) is 0 Å². The molecular formula is C32H37N3O3S. The number of aromatic nitrogens is 2. The quantitative estimate of drug-likeness (QED) is 0.224. The van der Waals surface area contributed by atoms with E-state index in [9.17, 15) is 9.59 Å². The van der Waals surface area contributed by atoms with E-state index in [2.05, 4.69) is 72.7 Å². The van der Waals surface area contributed by atoms with Gasteiger partial charge in [-0.15, -0.1) is 0 Å². The van der Waals surface area contributed by atoms with Crippen LogP contribution in [0, 0.1) is 5.92 Å². The second-order valence-corrected chi connectivity index (χ2v) is 11.8. The van der Waals surface area contributed by atoms with Crippen LogP contribution >= 0.6 is 11.3 Å². The number of hydrogen-bond donors (Lipinski definition) is 1. The minimum Gasteiger partial charge on any atom is -0.466 e. The fraction of sp³-hybridized carbons (Fsp3) is 0.406. The number of esters is 1. The maximum atomic E-state index is 12.7. The Morgan fingerprint density at radius 3 is 2.38 bits per heavy atom. The van der Waals surface area contributed by atoms with Gasteiger partial charge in [0, 0.05) is 25.4 Å². The molecule has 0 saturated heterocycles. The molecule has 4 aromatic rings. The van der Waals surface area contributed by atoms with E-state index < -0.39 is 0 Å². The van der Waals surface area contributed by atoms with E-state index in [1.54, 1.807) is 17.5 Å². The first kappa shape index (κ1) is 27.1. The Balaban J connectivity index is 1.16. The number of nitrogens with zero attached hydrogens (tertiary/aromatic N) is 2. The van der Waals surface area contributed by atoms with E-state index in [0.717, 1.165) is 46.6 Å². The molecule has 1 aliphatic rings. The van der Waals surface area contributed by atoms with Crippen LogP contribution in [0.1, 0.15) is 91.9 Å². The van der Waals surface area contributed by atoms with Crippen LogP contribution in [0.15, 0.2) is 60.9 Å². The number of ether oxygens (including phenoxy) is 1. The number of hydrogen-bond acceptors (Lipinski definition) is 5. The van der Waals surface area contributed by atoms with Crippen molar-refractivity contribution >= 4 is 28.2 Å². The number of nitrogens with one attached hydrogen (secondary N) is 1. The van der Waals surface area contributed by atoms with Crippen LogP contribution in [0.5, 0.6) is 0 Å². The summed E-state index contributed by atoms with van der Waals surface area (Å²) >= 11 is 1.59. The molecule has 0 atom stereocenters. The third kappa shape index (κ3) is 6.59. The molecular weight excluding hydrogens is 506 g/mol. The number of carbonyl (C=O) groups excluding carboxylic acids is 2. The Morgan fingerprint density at radius 2 is 1.74 bits per heavy atom. The van der Waals surface area contributed by atoms with Crippen molar-refractivity contribution in [3.8, 4) is 10.4 Å². The largest absolute Gasteiger partial charge is 0.466 e. The third-order valence-corrected chi connectivity index (χ3v) is 8.81. The lowest BCUT2D eigenvalue weighted by molar-refractivity contribution is -0.144. The Morgan fingerprint density at radius 1 is 1.03 bits per heavy atom. The van der Waals surface area contributed by atoms with E-state index in [4.69, 9.17) is 4.74 Å². The molecule has 0 spiro atoms. The molecule has 204 valence electrons. The Kier molecular flexibility index (Phi) is 8.46. The summed E-state index contributed by atoms with van der Waals surface area (Å²) in [7, 11) is 0. The lowest BCUT2D eigenvalue weighted by atomic mass is 9.77. The Labute approximate surface area is 234 Å². The number of carbonyl (C=O) groups is 2. The molecule has 1 N–H and O–H groups in total. The first-order chi connectivity index (χ1) is 18.9. The van der Waals surface area contributed by atoms with Crippen LogP contribution in [-0.2, 0) is 16.1 Å². The normalized spacial score (nSPS) is 17.4. The molecule has 2 heterocycles. The zero-order chi connectivity index (χ0) is 27.4. The molecule has 2 aromatic carbocycles. The first-order valence-corrected chi connectivity index (χ1v) is 14.8. The lowest BCUT2D eigenvalue weighted by Gasteiger charge is -2.28. The predicted molar refractivity (Wildman–Crippen MR) is 156 cm³/mol. The molecule has 1 amide bonds. The van der Waals surface area contributed by atoms with Gasteiger partial charge in [-0.3, -0.25) is 14.0 Å². The number of fused-ring (bicyclic) bond motifs is 1. The molecule has 2 aromatic heterocycles. The standard InChI is InChI=1S/C32H37N3O3S/c1-4-38-30(36)17-22-5-11-25(12-6-22)26-13-15-27(16-14-26)29-20-35-19-28(34-32(35)39-29)31(37)33-18-23-7-9-24(10-8-23)21(2)3/h7-10,13-16,19-22,25H,4-6,11-12,17-18H2,1-3H3,(H,33,37). The molecule has 0 radical (unpaired) electrons. The zero-order valence-electron chi connectivity index (χ0n) is 23.0. The summed E-state index contributed by atoms with van der Waals surface area (Å²) in [6.07, 6.45) is 8.78. The topological polar surface area (TPSA) is 72.7 Å². The van der Waals surface area contributed by atoms with Crippen LogP contribution < -0.4 is 5.32 Å². The molecule has 1 saturated carbocycles. The van der Waals surface area contributed by atoms with Crippen LogP contribution in [-0.4, -0.2) is 27.9 Å². The van der Waals surface area contributed by atoms with Crippen LogP contribution in [0.25, 0.3) is 15.4 Å². The predicted octanol–water partition coefficient (Wildman–Crippen LogP) is 7.34. The minimum atomic E-state index is -0.165. The fourth-order valence-corrected chi connectivity index (χ4v) is 6.38. The van der Waals surface area contributed by atoms with Crippen molar-refractivity contribution in [2.75, 3.05) is 6.61 Å². The molecule has 6 nitrogen and oxygen atoms in total. The molecule has 5 rings (SSSR count). The fourth-order valence-electron chi connectivity index (χ4n) is 5.41. The average molecular weight is 544 g/mol. The molecule has 0 aliphatic heterocycles. The maximum absolute atomic E-state index is 12.7. The second-order valence-electron chi connectivity index (χ2n) is 10.8. The van der Waals surface area contributed by atoms with Crippen molar-refractivity contribution in [1.82, 2.24) is 14.7 Å². The summed E-state index contributed by atoms with van der Waals surface area (Å²) in [4.78, 5) is 31.0. The van der Waals surface area contributed by atoms with E-state index >= 15 is 0 Å². The summed E-state index contributed by atoms with van der Waals surface area (Å²) in [6.45, 7) is 7.14. The van der Waals surface area contributed by atoms with E-state index in [-0.39, 0.29) is 11.9 Å². The molecule has 1 aliphatic carbocycles. The molecule has 7 heteroatoms. The summed E-state index contributed by atoms with van der Waals surface area (Å²) in [5.41, 5.74) is 5.32. The third-order valence-electron chi connectivity index (χ3n) is 7.76. The van der Waals surface area contributed by atoms with Gasteiger partial charge in [-0.25, -0.2) is 4.98 Å². The summed E-state index contributed by atoms with van der Waals surface area (Å²) < 4.78 is 7.05. The van der Waals surface area contributed by atoms with Crippen molar-refractivity contribution in [3.63, 3.8) is 0 Å². The van der Waals surface area contributed by atoms with Gasteiger partial charge in [0.2, 0.25) is 0 Å². The van der Waals surface area contributed by atoms with Crippen molar-refractivity contribution < 1.29 is 14.3 Å². The van der Waals surface area contributed by atoms with Crippen molar-refractivity contribution in [3.05, 3.63) is 83.3 Å². The number of benzene rings is 2. The number of amides is 1. The maximum Gasteiger partial charge on any atom is 0.306 e. The Bertz CT molecular complexity index is 1380. The van der Waals surface area contributed by atoms with Gasteiger partial charge in [-0.1, -0.05) is 73.7 Å². The summed E-state index contributed by atoms with van der Waals surface area (Å²) in [5, 5.41) is 2.98. The van der Waals surface area contributed by atoms with Gasteiger partial charge in [0.25, 0.3) is 5.91 Å². The van der Waals surface area contributed by atoms with E-state index in [1.165, 1.54) is 11.1 Å². The molecule has 1 fully saturated rings. The highest BCUT2D eigenvalue weighted by molar-refractivity contribution is 7.20. The second kappa shape index (κ2) is 12.2. The highest BCUT2D eigenvalue weighted by atomic mass is 32.1. The van der Waals surface area contributed by atoms with Crippen molar-refractivity contribution in [1.29, 1.82) is 0 Å². The minimum absolute atomic E-state index is 0.0623. The summed E-state index contributed by atoms with van der Waals surface area (Å²) in [6, 6.07) is 17.2. The van der Waals surface area contributed by atoms with Gasteiger partial charge >= 0.3 is 5.97 Å². The Hall–Kier alpha value is -3.45. The number of thiazole rings is 1. The van der Waals surface area contributed by atoms with Crippen LogP contribution in [0.2, 0.25) is 0 Å². The molecule has 0 bridgehead atoms. The van der Waals surface area contributed by atoms with Gasteiger partial charge in [-0.05, 0) is 72.6 Å². The van der Waals surface area contributed by atoms with Gasteiger partial charge in [0.1, 0.15) is 5.69 Å². The van der Waals surface area contributed by atoms with Crippen molar-refractivity contribution in [2.24, 2.45) is 5.92 Å². The van der Waals surface area contributed by atoms with E-state index in [0.29, 0.717) is 43.0 Å². The number of imidazole rings is 1. The first-order valence-electron chi connectivity index (χ1n) is 14.0. The SMILES string of the molecule is CCOC(=O)CC1CCC(c2ccc(-c3cn4cc(C(=O)NCc5ccc(C(C)C)cc5)nc4s3)cc2)CC1. The highest BCUT2D eigenvalue weighted by Gasteiger charge is 2.24. The van der Waals surface area contributed by atoms with Gasteiger partial charge < -0.3 is 10.1 Å². The molecule has 39 heavy (non-hydrogen) atoms. The van der Waals surface area contributed by atoms with Gasteiger partial charge in [0.15, 0.2) is 4.96 Å². The van der Waals surface area contributed by atoms with Crippen LogP contribution in [0.4, 0.5) is 0 Å². The highest BCUT2D eigenvalue weighted by Crippen LogP contribution is 2.38. The summed E-state index contributed by atoms with van der Waals surface area (Å²) in [5.74, 6) is 1.26. The van der Waals surface area contributed by atoms with Gasteiger partial charge in [0.05, 0.1) is 11.5 Å². The lowest BCUT2D eigenvalue weighted by Crippen LogP contribution is -2.23. The van der Waals surface area contributed by atoms with E-state index in [1.807, 2.05) is 17.5 Å². The smallest absolute Gasteiger partial charge is 0.306 e.